The Bertz CT molecular complexity index is 536. The van der Waals surface area contributed by atoms with Gasteiger partial charge in [-0.25, -0.2) is 16.8 Å². The zero-order valence-electron chi connectivity index (χ0n) is 9.38. The van der Waals surface area contributed by atoms with Crippen LogP contribution in [0.15, 0.2) is 12.4 Å². The predicted molar refractivity (Wildman–Crippen MR) is 47.9 cm³/mol. The Labute approximate surface area is 129 Å². The van der Waals surface area contributed by atoms with Crippen molar-refractivity contribution in [3.8, 4) is 0 Å². The van der Waals surface area contributed by atoms with Gasteiger partial charge in [-0.15, -0.1) is 0 Å². The zero-order valence-corrected chi connectivity index (χ0v) is 12.0. The standard InChI is InChI=1S/C2H3N3.2CHF3O3S.Cu/c1-2-4-5-3-1;2*2-1(3,4)8(5,6)7;/h1-2H,(H,3,4,5);2*(H,5,6,7);/q;;;+2/p-2. The molecule has 0 atom stereocenters. The van der Waals surface area contributed by atoms with E-state index in [1.807, 2.05) is 0 Å². The van der Waals surface area contributed by atoms with Crippen LogP contribution < -0.4 is 0 Å². The van der Waals surface area contributed by atoms with E-state index in [1.165, 1.54) is 0 Å². The van der Waals surface area contributed by atoms with Gasteiger partial charge in [0.05, 0.1) is 12.4 Å². The van der Waals surface area contributed by atoms with Crippen LogP contribution in [0.1, 0.15) is 0 Å². The van der Waals surface area contributed by atoms with Crippen molar-refractivity contribution >= 4 is 20.2 Å². The Morgan fingerprint density at radius 1 is 0.773 bits per heavy atom. The van der Waals surface area contributed by atoms with E-state index in [0.717, 1.165) is 0 Å². The molecular weight excluding hydrogens is 428 g/mol. The van der Waals surface area contributed by atoms with Crippen LogP contribution in [0.5, 0.6) is 0 Å². The minimum Gasteiger partial charge on any atom is -0.741 e. The quantitative estimate of drug-likeness (QED) is 0.259. The van der Waals surface area contributed by atoms with E-state index >= 15 is 0 Å². The Balaban J connectivity index is -0.000000246. The smallest absolute Gasteiger partial charge is 0.741 e. The molecule has 0 saturated heterocycles. The summed E-state index contributed by atoms with van der Waals surface area (Å²) in [5.74, 6) is 0. The van der Waals surface area contributed by atoms with Gasteiger partial charge in [0.15, 0.2) is 20.2 Å². The first-order valence-corrected chi connectivity index (χ1v) is 6.66. The average Bonchev–Trinajstić information content (AvgIpc) is 2.68. The van der Waals surface area contributed by atoms with Gasteiger partial charge in [-0.2, -0.15) is 41.8 Å². The van der Waals surface area contributed by atoms with Crippen molar-refractivity contribution < 1.29 is 69.4 Å². The first kappa shape index (κ1) is 26.0. The van der Waals surface area contributed by atoms with Gasteiger partial charge in [0.1, 0.15) is 0 Å². The first-order valence-electron chi connectivity index (χ1n) is 3.84. The summed E-state index contributed by atoms with van der Waals surface area (Å²) in [4.78, 5) is 0. The van der Waals surface area contributed by atoms with E-state index < -0.39 is 31.3 Å². The van der Waals surface area contributed by atoms with Gasteiger partial charge in [-0.1, -0.05) is 0 Å². The first-order chi connectivity index (χ1) is 9.00. The number of hydrogen-bond donors (Lipinski definition) is 1. The summed E-state index contributed by atoms with van der Waals surface area (Å²) < 4.78 is 118. The summed E-state index contributed by atoms with van der Waals surface area (Å²) in [6.07, 6.45) is 3.17. The van der Waals surface area contributed by atoms with Crippen LogP contribution in [0.25, 0.3) is 0 Å². The van der Waals surface area contributed by atoms with Crippen molar-refractivity contribution in [1.29, 1.82) is 0 Å². The number of rotatable bonds is 0. The summed E-state index contributed by atoms with van der Waals surface area (Å²) in [5.41, 5.74) is -11.3. The number of hydrogen-bond acceptors (Lipinski definition) is 8. The Morgan fingerprint density at radius 2 is 0.955 bits per heavy atom. The Kier molecular flexibility index (Phi) is 10.9. The fourth-order valence-corrected chi connectivity index (χ4v) is 0.167. The maximum atomic E-state index is 10.7. The van der Waals surface area contributed by atoms with E-state index in [9.17, 15) is 26.3 Å². The molecule has 0 unspecified atom stereocenters. The van der Waals surface area contributed by atoms with E-state index in [1.54, 1.807) is 12.4 Å². The van der Waals surface area contributed by atoms with Crippen LogP contribution in [-0.2, 0) is 37.3 Å². The summed E-state index contributed by atoms with van der Waals surface area (Å²) >= 11 is 0. The second-order valence-electron chi connectivity index (χ2n) is 2.46. The molecule has 0 aliphatic heterocycles. The molecule has 9 nitrogen and oxygen atoms in total. The number of nitrogens with one attached hydrogen (secondary N) is 1. The predicted octanol–water partition coefficient (Wildman–Crippen LogP) is -0.0950. The molecule has 0 aliphatic rings. The van der Waals surface area contributed by atoms with Gasteiger partial charge in [0, 0.05) is 0 Å². The zero-order chi connectivity index (χ0) is 17.5. The van der Waals surface area contributed by atoms with Crippen LogP contribution in [0.3, 0.4) is 0 Å². The van der Waals surface area contributed by atoms with Crippen molar-refractivity contribution in [2.75, 3.05) is 0 Å². The van der Waals surface area contributed by atoms with Crippen molar-refractivity contribution in [2.24, 2.45) is 0 Å². The van der Waals surface area contributed by atoms with Crippen LogP contribution in [0.4, 0.5) is 26.3 Å². The molecule has 1 rings (SSSR count). The summed E-state index contributed by atoms with van der Waals surface area (Å²) in [7, 11) is -12.2. The van der Waals surface area contributed by atoms with Crippen molar-refractivity contribution in [3.63, 3.8) is 0 Å². The molecule has 1 aromatic rings. The number of aromatic nitrogens is 3. The minimum atomic E-state index is -6.09. The number of halogens is 6. The molecular formula is C4H3CuF6N3O6S2. The molecule has 0 saturated carbocycles. The fourth-order valence-electron chi connectivity index (χ4n) is 0.167. The molecule has 1 aromatic heterocycles. The van der Waals surface area contributed by atoms with Gasteiger partial charge in [0.2, 0.25) is 0 Å². The normalized spacial score (nSPS) is 12.0. The van der Waals surface area contributed by atoms with Crippen LogP contribution >= 0.6 is 0 Å². The third-order valence-corrected chi connectivity index (χ3v) is 2.03. The third-order valence-electron chi connectivity index (χ3n) is 0.898. The second kappa shape index (κ2) is 9.26. The van der Waals surface area contributed by atoms with Crippen molar-refractivity contribution in [3.05, 3.63) is 12.4 Å². The van der Waals surface area contributed by atoms with E-state index in [4.69, 9.17) is 25.9 Å². The number of alkyl halides is 6. The molecule has 1 radical (unpaired) electrons. The van der Waals surface area contributed by atoms with E-state index in [0.29, 0.717) is 0 Å². The molecule has 0 spiro atoms. The summed E-state index contributed by atoms with van der Waals surface area (Å²) in [6, 6.07) is 0. The van der Waals surface area contributed by atoms with Crippen LogP contribution in [-0.4, -0.2) is 52.4 Å². The topological polar surface area (TPSA) is 156 Å². The second-order valence-corrected chi connectivity index (χ2v) is 5.20. The van der Waals surface area contributed by atoms with Gasteiger partial charge < -0.3 is 9.11 Å². The largest absolute Gasteiger partial charge is 2.00 e. The third kappa shape index (κ3) is 12.8. The number of H-pyrrole nitrogens is 1. The molecule has 1 N–H and O–H groups in total. The van der Waals surface area contributed by atoms with Crippen molar-refractivity contribution in [1.82, 2.24) is 15.4 Å². The average molecular weight is 431 g/mol. The number of aromatic amines is 1. The Morgan fingerprint density at radius 3 is 1.00 bits per heavy atom. The van der Waals surface area contributed by atoms with E-state index in [2.05, 4.69) is 15.4 Å². The van der Waals surface area contributed by atoms with E-state index in [-0.39, 0.29) is 17.1 Å². The minimum absolute atomic E-state index is 0. The number of nitrogens with zero attached hydrogens (tertiary/aromatic N) is 2. The molecule has 1 heterocycles. The molecule has 0 fully saturated rings. The molecule has 18 heteroatoms. The van der Waals surface area contributed by atoms with Gasteiger partial charge >= 0.3 is 28.1 Å². The summed E-state index contributed by atoms with van der Waals surface area (Å²) in [5, 5.41) is 9.33. The molecule has 22 heavy (non-hydrogen) atoms. The maximum Gasteiger partial charge on any atom is 2.00 e. The molecule has 135 valence electrons. The van der Waals surface area contributed by atoms with Crippen molar-refractivity contribution in [2.45, 2.75) is 11.0 Å². The molecule has 0 bridgehead atoms. The summed E-state index contributed by atoms with van der Waals surface area (Å²) in [6.45, 7) is 0. The van der Waals surface area contributed by atoms with Crippen LogP contribution in [0, 0.1) is 0 Å². The van der Waals surface area contributed by atoms with Crippen LogP contribution in [0.2, 0.25) is 0 Å². The van der Waals surface area contributed by atoms with Gasteiger partial charge in [-0.3, -0.25) is 0 Å². The van der Waals surface area contributed by atoms with Gasteiger partial charge in [-0.05, 0) is 0 Å². The fraction of sp³-hybridized carbons (Fsp3) is 0.500. The monoisotopic (exact) mass is 430 g/mol. The van der Waals surface area contributed by atoms with Gasteiger partial charge in [0.25, 0.3) is 0 Å². The molecule has 0 amide bonds. The molecule has 0 aromatic carbocycles. The Hall–Kier alpha value is -0.941. The maximum absolute atomic E-state index is 10.7. The SMILES string of the molecule is O=S(=O)([O-])C(F)(F)F.O=S(=O)([O-])C(F)(F)F.[Cu+2].c1cn[nH]n1. The molecule has 0 aliphatic carbocycles.